The second kappa shape index (κ2) is 13.8. The van der Waals surface area contributed by atoms with Gasteiger partial charge in [0.15, 0.2) is 11.5 Å². The van der Waals surface area contributed by atoms with E-state index in [1.807, 2.05) is 6.26 Å². The lowest BCUT2D eigenvalue weighted by Crippen LogP contribution is -2.30. The van der Waals surface area contributed by atoms with Gasteiger partial charge in [-0.15, -0.1) is 0 Å². The van der Waals surface area contributed by atoms with Crippen LogP contribution in [-0.2, 0) is 20.8 Å². The summed E-state index contributed by atoms with van der Waals surface area (Å²) in [7, 11) is -4.64. The molecule has 9 nitrogen and oxygen atoms in total. The summed E-state index contributed by atoms with van der Waals surface area (Å²) >= 11 is 1.35. The van der Waals surface area contributed by atoms with Crippen molar-refractivity contribution in [3.05, 3.63) is 0 Å². The van der Waals surface area contributed by atoms with Crippen molar-refractivity contribution in [2.24, 2.45) is 5.73 Å². The van der Waals surface area contributed by atoms with Crippen LogP contribution in [0.1, 0.15) is 6.42 Å². The Morgan fingerprint density at radius 2 is 1.76 bits per heavy atom. The number of carboxylic acid groups (broad SMARTS) is 1. The van der Waals surface area contributed by atoms with Crippen molar-refractivity contribution in [3.8, 4) is 0 Å². The maximum Gasteiger partial charge on any atom is 0.466 e. The molecule has 12 heteroatoms. The Bertz CT molecular complexity index is 269. The molecule has 0 bridgehead atoms. The number of hydrogen-bond acceptors (Lipinski definition) is 6. The Morgan fingerprint density at radius 1 is 1.47 bits per heavy atom. The highest BCUT2D eigenvalue weighted by Crippen LogP contribution is 2.25. The van der Waals surface area contributed by atoms with Crippen LogP contribution >= 0.6 is 19.6 Å². The molecule has 0 aromatic heterocycles. The molecule has 1 atom stereocenters. The van der Waals surface area contributed by atoms with Gasteiger partial charge in [0.25, 0.3) is 0 Å². The molecule has 0 spiro atoms. The molecule has 0 aliphatic rings. The van der Waals surface area contributed by atoms with Crippen molar-refractivity contribution >= 4 is 37.0 Å². The fourth-order valence-corrected chi connectivity index (χ4v) is 0.858. The first-order valence-electron chi connectivity index (χ1n) is 3.81. The molecule has 0 radical (unpaired) electrons. The fraction of sp³-hybridized carbons (Fsp3) is 0.800. The number of carboxylic acids is 1. The third-order valence-electron chi connectivity index (χ3n) is 0.950. The molecule has 0 aromatic rings. The second-order valence-corrected chi connectivity index (χ2v) is 4.50. The van der Waals surface area contributed by atoms with Crippen molar-refractivity contribution in [1.29, 1.82) is 4.78 Å². The van der Waals surface area contributed by atoms with Crippen LogP contribution in [0.2, 0.25) is 0 Å². The Balaban J connectivity index is -0.000000207. The zero-order chi connectivity index (χ0) is 14.5. The molecule has 0 unspecified atom stereocenters. The highest BCUT2D eigenvalue weighted by Gasteiger charge is 2.08. The smallest absolute Gasteiger partial charge is 0.466 e. The minimum Gasteiger partial charge on any atom is -0.480 e. The number of rotatable bonds is 4. The maximum atomic E-state index is 10.1. The Morgan fingerprint density at radius 3 is 1.94 bits per heavy atom. The molecule has 7 N–H and O–H groups in total. The topological polar surface area (TPSA) is 182 Å². The van der Waals surface area contributed by atoms with E-state index in [1.54, 1.807) is 11.8 Å². The van der Waals surface area contributed by atoms with E-state index in [0.717, 1.165) is 5.75 Å². The molecular formula is C5H15N2O7PS2. The highest BCUT2D eigenvalue weighted by molar-refractivity contribution is 7.98. The van der Waals surface area contributed by atoms with Gasteiger partial charge in [-0.2, -0.15) is 16.0 Å². The average Bonchev–Trinajstić information content (AvgIpc) is 2.12. The zero-order valence-electron chi connectivity index (χ0n) is 8.85. The summed E-state index contributed by atoms with van der Waals surface area (Å²) in [5, 5.41) is 8.27. The van der Waals surface area contributed by atoms with E-state index < -0.39 is 19.8 Å². The average molecular weight is 310 g/mol. The molecule has 0 amide bonds. The van der Waals surface area contributed by atoms with Crippen molar-refractivity contribution in [3.63, 3.8) is 0 Å². The lowest BCUT2D eigenvalue weighted by molar-refractivity contribution is -0.138. The normalized spacial score (nSPS) is 11.1. The third-order valence-corrected chi connectivity index (χ3v) is 1.59. The van der Waals surface area contributed by atoms with Crippen LogP contribution < -0.4 is 5.73 Å². The first-order valence-corrected chi connectivity index (χ1v) is 7.51. The molecule has 0 aliphatic carbocycles. The van der Waals surface area contributed by atoms with Crippen molar-refractivity contribution in [2.45, 2.75) is 12.5 Å². The van der Waals surface area contributed by atoms with Gasteiger partial charge >= 0.3 is 13.8 Å². The van der Waals surface area contributed by atoms with Crippen LogP contribution in [0.5, 0.6) is 0 Å². The van der Waals surface area contributed by atoms with Crippen molar-refractivity contribution in [2.75, 3.05) is 12.0 Å². The van der Waals surface area contributed by atoms with Gasteiger partial charge in [-0.1, -0.05) is 0 Å². The Hall–Kier alpha value is -0.290. The van der Waals surface area contributed by atoms with Gasteiger partial charge in [-0.05, 0) is 18.4 Å². The Labute approximate surface area is 106 Å². The standard InChI is InChI=1S/C5H11NO2S.HNOS.H3O4P/c1-9-3-2-4(6)5(7)8;1-3-2;1-5(2,3)4/h4H,2-3,6H2,1H3,(H,7,8);1H;(H3,1,2,3,4)/t4-;;/m0../s1. The molecule has 17 heavy (non-hydrogen) atoms. The minimum absolute atomic E-state index is 0.250. The summed E-state index contributed by atoms with van der Waals surface area (Å²) in [6.07, 6.45) is 2.48. The second-order valence-electron chi connectivity index (χ2n) is 2.32. The van der Waals surface area contributed by atoms with Gasteiger partial charge in [-0.3, -0.25) is 4.79 Å². The SMILES string of the molecule is CSCC[C@H](N)C(=O)O.N=S=O.O=P(O)(O)O. The fourth-order valence-electron chi connectivity index (χ4n) is 0.368. The molecule has 0 saturated heterocycles. The van der Waals surface area contributed by atoms with Crippen LogP contribution in [0.4, 0.5) is 0 Å². The summed E-state index contributed by atoms with van der Waals surface area (Å²) in [5.41, 5.74) is 5.19. The molecule has 0 fully saturated rings. The lowest BCUT2D eigenvalue weighted by Gasteiger charge is -2.02. The third kappa shape index (κ3) is 49.7. The van der Waals surface area contributed by atoms with E-state index >= 15 is 0 Å². The van der Waals surface area contributed by atoms with Gasteiger partial charge in [-0.25, -0.2) is 9.34 Å². The lowest BCUT2D eigenvalue weighted by atomic mass is 10.2. The monoisotopic (exact) mass is 310 g/mol. The molecule has 0 aliphatic heterocycles. The van der Waals surface area contributed by atoms with Gasteiger partial charge in [0, 0.05) is 0 Å². The summed E-state index contributed by atoms with van der Waals surface area (Å²) in [4.78, 5) is 31.6. The van der Waals surface area contributed by atoms with Gasteiger partial charge < -0.3 is 25.5 Å². The van der Waals surface area contributed by atoms with Crippen LogP contribution in [0, 0.1) is 4.78 Å². The first-order chi connectivity index (χ1) is 7.59. The number of aliphatic carboxylic acids is 1. The highest BCUT2D eigenvalue weighted by atomic mass is 32.2. The van der Waals surface area contributed by atoms with Crippen LogP contribution in [0.3, 0.4) is 0 Å². The molecule has 0 rings (SSSR count). The van der Waals surface area contributed by atoms with Crippen molar-refractivity contribution < 1.29 is 33.4 Å². The molecule has 0 heterocycles. The minimum atomic E-state index is -4.64. The predicted molar refractivity (Wildman–Crippen MR) is 63.7 cm³/mol. The number of hydrogen-bond donors (Lipinski definition) is 6. The van der Waals surface area contributed by atoms with Gasteiger partial charge in [0.2, 0.25) is 0 Å². The summed E-state index contributed by atoms with van der Waals surface area (Å²) in [6.45, 7) is 0. The van der Waals surface area contributed by atoms with E-state index in [0.29, 0.717) is 6.42 Å². The van der Waals surface area contributed by atoms with Gasteiger partial charge in [0.1, 0.15) is 6.04 Å². The van der Waals surface area contributed by atoms with Crippen LogP contribution in [-0.4, -0.2) is 48.0 Å². The Kier molecular flexibility index (Phi) is 17.8. The van der Waals surface area contributed by atoms with E-state index in [4.69, 9.17) is 39.1 Å². The largest absolute Gasteiger partial charge is 0.480 e. The van der Waals surface area contributed by atoms with Gasteiger partial charge in [0.05, 0.1) is 0 Å². The number of nitrogens with two attached hydrogens (primary N) is 1. The van der Waals surface area contributed by atoms with E-state index in [9.17, 15) is 4.79 Å². The number of carbonyl (C=O) groups is 1. The van der Waals surface area contributed by atoms with Crippen LogP contribution in [0.25, 0.3) is 0 Å². The molecule has 0 aromatic carbocycles. The van der Waals surface area contributed by atoms with E-state index in [-0.39, 0.29) is 11.5 Å². The summed E-state index contributed by atoms with van der Waals surface area (Å²) < 4.78 is 23.0. The number of phosphoric acid groups is 1. The quantitative estimate of drug-likeness (QED) is 0.361. The maximum absolute atomic E-state index is 10.1. The molecule has 104 valence electrons. The van der Waals surface area contributed by atoms with Crippen LogP contribution in [0.15, 0.2) is 0 Å². The summed E-state index contributed by atoms with van der Waals surface area (Å²) in [5.74, 6) is -0.1000. The summed E-state index contributed by atoms with van der Waals surface area (Å²) in [6, 6.07) is -0.683. The molecule has 0 saturated carbocycles. The number of thioether (sulfide) groups is 1. The van der Waals surface area contributed by atoms with Crippen molar-refractivity contribution in [1.82, 2.24) is 0 Å². The molecular weight excluding hydrogens is 295 g/mol. The van der Waals surface area contributed by atoms with E-state index in [1.165, 1.54) is 0 Å². The first kappa shape index (κ1) is 21.9. The van der Waals surface area contributed by atoms with E-state index in [2.05, 4.69) is 0 Å². The zero-order valence-corrected chi connectivity index (χ0v) is 11.4. The number of nitrogens with one attached hydrogen (secondary N) is 1. The predicted octanol–water partition coefficient (Wildman–Crippen LogP) is -0.815.